The quantitative estimate of drug-likeness (QED) is 0.575. The Bertz CT molecular complexity index is 966. The number of anilines is 1. The number of nitrogens with zero attached hydrogens (tertiary/aromatic N) is 2. The van der Waals surface area contributed by atoms with E-state index in [1.807, 2.05) is 0 Å². The van der Waals surface area contributed by atoms with Crippen LogP contribution in [-0.2, 0) is 4.74 Å². The summed E-state index contributed by atoms with van der Waals surface area (Å²) >= 11 is 0. The fourth-order valence-corrected chi connectivity index (χ4v) is 2.79. The summed E-state index contributed by atoms with van der Waals surface area (Å²) in [7, 11) is 0. The summed E-state index contributed by atoms with van der Waals surface area (Å²) in [6.07, 6.45) is -12.6. The van der Waals surface area contributed by atoms with E-state index in [4.69, 9.17) is 5.73 Å². The number of ether oxygens (including phenoxy) is 1. The lowest BCUT2D eigenvalue weighted by Gasteiger charge is -2.22. The highest BCUT2D eigenvalue weighted by Gasteiger charge is 2.44. The number of hydrogen-bond acceptors (Lipinski definition) is 3. The molecule has 0 aliphatic rings. The van der Waals surface area contributed by atoms with Gasteiger partial charge in [0.1, 0.15) is 12.4 Å². The normalized spacial score (nSPS) is 13.4. The van der Waals surface area contributed by atoms with Gasteiger partial charge in [-0.05, 0) is 23.8 Å². The Balaban J connectivity index is 2.01. The summed E-state index contributed by atoms with van der Waals surface area (Å²) in [4.78, 5) is 0. The first-order valence-electron chi connectivity index (χ1n) is 8.31. The summed E-state index contributed by atoms with van der Waals surface area (Å²) < 4.78 is 82.8. The predicted octanol–water partition coefficient (Wildman–Crippen LogP) is 5.30. The molecule has 0 saturated heterocycles. The molecule has 0 amide bonds. The van der Waals surface area contributed by atoms with Gasteiger partial charge in [-0.15, -0.1) is 0 Å². The van der Waals surface area contributed by atoms with Crippen molar-refractivity contribution in [3.05, 3.63) is 66.2 Å². The Morgan fingerprint density at radius 1 is 0.931 bits per heavy atom. The molecule has 1 atom stereocenters. The van der Waals surface area contributed by atoms with Gasteiger partial charge in [-0.3, -0.25) is 0 Å². The first kappa shape index (κ1) is 20.7. The maximum Gasteiger partial charge on any atom is 0.418 e. The fraction of sp³-hybridized carbons (Fsp3) is 0.211. The van der Waals surface area contributed by atoms with Gasteiger partial charge in [-0.1, -0.05) is 36.4 Å². The van der Waals surface area contributed by atoms with Crippen molar-refractivity contribution in [1.82, 2.24) is 9.78 Å². The van der Waals surface area contributed by atoms with Crippen molar-refractivity contribution in [2.75, 3.05) is 12.3 Å². The molecule has 1 heterocycles. The van der Waals surface area contributed by atoms with Crippen LogP contribution in [0.1, 0.15) is 11.7 Å². The second kappa shape index (κ2) is 7.78. The summed E-state index contributed by atoms with van der Waals surface area (Å²) in [5.41, 5.74) is 6.59. The molecule has 29 heavy (non-hydrogen) atoms. The Kier molecular flexibility index (Phi) is 5.56. The maximum absolute atomic E-state index is 13.3. The summed E-state index contributed by atoms with van der Waals surface area (Å²) in [6, 6.07) is 15.2. The highest BCUT2D eigenvalue weighted by molar-refractivity contribution is 5.66. The van der Waals surface area contributed by atoms with Gasteiger partial charge in [0, 0.05) is 11.6 Å². The lowest BCUT2D eigenvalue weighted by atomic mass is 10.0. The largest absolute Gasteiger partial charge is 0.418 e. The summed E-state index contributed by atoms with van der Waals surface area (Å²) in [6.45, 7) is -2.02. The molecule has 0 aliphatic carbocycles. The van der Waals surface area contributed by atoms with E-state index >= 15 is 0 Å². The Morgan fingerprint density at radius 2 is 1.62 bits per heavy atom. The zero-order chi connectivity index (χ0) is 21.2. The average Bonchev–Trinajstić information content (AvgIpc) is 3.03. The van der Waals surface area contributed by atoms with Crippen LogP contribution in [0.5, 0.6) is 0 Å². The highest BCUT2D eigenvalue weighted by Crippen LogP contribution is 2.38. The summed E-state index contributed by atoms with van der Waals surface area (Å²) in [5, 5.41) is 4.14. The number of benzene rings is 2. The molecule has 2 aromatic carbocycles. The van der Waals surface area contributed by atoms with Crippen LogP contribution in [0.3, 0.4) is 0 Å². The molecular formula is C19H15F6N3O. The number of para-hydroxylation sites is 1. The third-order valence-electron chi connectivity index (χ3n) is 3.93. The third-order valence-corrected chi connectivity index (χ3v) is 3.93. The molecule has 1 aromatic heterocycles. The number of hydrogen-bond donors (Lipinski definition) is 1. The number of halogens is 6. The molecule has 0 aliphatic heterocycles. The minimum absolute atomic E-state index is 0.134. The smallest absolute Gasteiger partial charge is 0.382 e. The van der Waals surface area contributed by atoms with Crippen molar-refractivity contribution < 1.29 is 31.1 Å². The van der Waals surface area contributed by atoms with Crippen molar-refractivity contribution in [3.63, 3.8) is 0 Å². The third kappa shape index (κ3) is 5.08. The molecule has 1 unspecified atom stereocenters. The van der Waals surface area contributed by atoms with E-state index in [1.54, 1.807) is 30.3 Å². The van der Waals surface area contributed by atoms with Gasteiger partial charge >= 0.3 is 12.4 Å². The zero-order valence-electron chi connectivity index (χ0n) is 14.7. The van der Waals surface area contributed by atoms with Crippen molar-refractivity contribution in [3.8, 4) is 16.9 Å². The van der Waals surface area contributed by atoms with Crippen molar-refractivity contribution in [2.24, 2.45) is 0 Å². The minimum atomic E-state index is -5.03. The lowest BCUT2D eigenvalue weighted by molar-refractivity contribution is -0.258. The number of rotatable bonds is 5. The van der Waals surface area contributed by atoms with E-state index in [-0.39, 0.29) is 5.82 Å². The van der Waals surface area contributed by atoms with Crippen molar-refractivity contribution in [2.45, 2.75) is 18.5 Å². The first-order chi connectivity index (χ1) is 13.5. The molecule has 0 fully saturated rings. The molecule has 0 saturated carbocycles. The molecule has 0 spiro atoms. The molecule has 0 radical (unpaired) electrons. The van der Waals surface area contributed by atoms with Crippen LogP contribution in [0, 0.1) is 0 Å². The van der Waals surface area contributed by atoms with Gasteiger partial charge in [-0.2, -0.15) is 31.4 Å². The zero-order valence-corrected chi connectivity index (χ0v) is 14.7. The number of aromatic nitrogens is 2. The Labute approximate surface area is 161 Å². The van der Waals surface area contributed by atoms with Gasteiger partial charge in [0.15, 0.2) is 6.10 Å². The van der Waals surface area contributed by atoms with Crippen molar-refractivity contribution in [1.29, 1.82) is 0 Å². The van der Waals surface area contributed by atoms with Gasteiger partial charge in [-0.25, -0.2) is 4.68 Å². The fourth-order valence-electron chi connectivity index (χ4n) is 2.79. The second-order valence-electron chi connectivity index (χ2n) is 6.18. The van der Waals surface area contributed by atoms with E-state index in [0.29, 0.717) is 16.9 Å². The van der Waals surface area contributed by atoms with Crippen LogP contribution in [0.25, 0.3) is 16.9 Å². The lowest BCUT2D eigenvalue weighted by Crippen LogP contribution is -2.28. The molecule has 0 bridgehead atoms. The second-order valence-corrected chi connectivity index (χ2v) is 6.18. The van der Waals surface area contributed by atoms with Crippen LogP contribution >= 0.6 is 0 Å². The van der Waals surface area contributed by atoms with Crippen molar-refractivity contribution >= 4 is 5.82 Å². The van der Waals surface area contributed by atoms with Gasteiger partial charge in [0.05, 0.1) is 11.4 Å². The molecule has 3 aromatic rings. The number of nitrogen functional groups attached to an aromatic ring is 1. The monoisotopic (exact) mass is 415 g/mol. The van der Waals surface area contributed by atoms with E-state index in [0.717, 1.165) is 12.1 Å². The van der Waals surface area contributed by atoms with E-state index in [1.165, 1.54) is 22.9 Å². The first-order valence-corrected chi connectivity index (χ1v) is 8.31. The molecule has 10 heteroatoms. The maximum atomic E-state index is 13.3. The van der Waals surface area contributed by atoms with E-state index < -0.39 is 30.6 Å². The average molecular weight is 415 g/mol. The van der Waals surface area contributed by atoms with Gasteiger partial charge < -0.3 is 10.5 Å². The SMILES string of the molecule is Nc1cc(-c2cccc(C(OCC(F)(F)F)C(F)(F)F)c2)n(-c2ccccc2)n1. The molecule has 4 nitrogen and oxygen atoms in total. The van der Waals surface area contributed by atoms with Gasteiger partial charge in [0.2, 0.25) is 0 Å². The predicted molar refractivity (Wildman–Crippen MR) is 94.2 cm³/mol. The van der Waals surface area contributed by atoms with E-state index in [2.05, 4.69) is 9.84 Å². The Hall–Kier alpha value is -3.01. The number of alkyl halides is 6. The molecular weight excluding hydrogens is 400 g/mol. The van der Waals surface area contributed by atoms with Crippen LogP contribution < -0.4 is 5.73 Å². The molecule has 154 valence electrons. The van der Waals surface area contributed by atoms with Crippen LogP contribution in [0.15, 0.2) is 60.7 Å². The Morgan fingerprint density at radius 3 is 2.24 bits per heavy atom. The molecule has 2 N–H and O–H groups in total. The van der Waals surface area contributed by atoms with Gasteiger partial charge in [0.25, 0.3) is 0 Å². The van der Waals surface area contributed by atoms with Crippen LogP contribution in [0.4, 0.5) is 32.2 Å². The van der Waals surface area contributed by atoms with Crippen LogP contribution in [0.2, 0.25) is 0 Å². The minimum Gasteiger partial charge on any atom is -0.382 e. The molecule has 3 rings (SSSR count). The summed E-state index contributed by atoms with van der Waals surface area (Å²) in [5.74, 6) is 0.134. The number of nitrogens with two attached hydrogens (primary N) is 1. The highest BCUT2D eigenvalue weighted by atomic mass is 19.4. The van der Waals surface area contributed by atoms with Crippen LogP contribution in [-0.4, -0.2) is 28.7 Å². The standard InChI is InChI=1S/C19H15F6N3O/c20-18(21,22)11-29-17(19(23,24)25)13-6-4-5-12(9-13)15-10-16(26)27-28(15)14-7-2-1-3-8-14/h1-10,17H,11H2,(H2,26,27). The topological polar surface area (TPSA) is 53.1 Å². The van der Waals surface area contributed by atoms with E-state index in [9.17, 15) is 26.3 Å².